The Morgan fingerprint density at radius 1 is 1.50 bits per heavy atom. The molecule has 0 aromatic carbocycles. The van der Waals surface area contributed by atoms with Gasteiger partial charge in [-0.3, -0.25) is 9.18 Å². The highest BCUT2D eigenvalue weighted by molar-refractivity contribution is 9.10. The van der Waals surface area contributed by atoms with Gasteiger partial charge >= 0.3 is 6.09 Å². The molecule has 3 heterocycles. The Balaban J connectivity index is 2.00. The maximum Gasteiger partial charge on any atom is 0.407 e. The van der Waals surface area contributed by atoms with E-state index in [-0.39, 0.29) is 18.7 Å². The van der Waals surface area contributed by atoms with Crippen LogP contribution >= 0.6 is 15.9 Å². The van der Waals surface area contributed by atoms with E-state index in [2.05, 4.69) is 26.3 Å². The van der Waals surface area contributed by atoms with Gasteiger partial charge in [-0.2, -0.15) is 5.10 Å². The van der Waals surface area contributed by atoms with Crippen molar-refractivity contribution in [1.82, 2.24) is 14.5 Å². The van der Waals surface area contributed by atoms with E-state index in [1.165, 1.54) is 6.20 Å². The Morgan fingerprint density at radius 3 is 2.88 bits per heavy atom. The Kier molecular flexibility index (Phi) is 4.31. The second kappa shape index (κ2) is 6.27. The minimum absolute atomic E-state index is 0.0987. The summed E-state index contributed by atoms with van der Waals surface area (Å²) in [7, 11) is 0. The van der Waals surface area contributed by atoms with Crippen LogP contribution in [-0.2, 0) is 0 Å². The average Bonchev–Trinajstić information content (AvgIpc) is 3.09. The molecule has 2 aromatic rings. The Morgan fingerprint density at radius 2 is 2.25 bits per heavy atom. The summed E-state index contributed by atoms with van der Waals surface area (Å²) in [5, 5.41) is 16.3. The van der Waals surface area contributed by atoms with Crippen LogP contribution in [-0.4, -0.2) is 57.4 Å². The maximum absolute atomic E-state index is 13.3. The van der Waals surface area contributed by atoms with Crippen molar-refractivity contribution >= 4 is 39.1 Å². The van der Waals surface area contributed by atoms with Crippen molar-refractivity contribution in [2.45, 2.75) is 6.04 Å². The minimum atomic E-state index is -1.10. The van der Waals surface area contributed by atoms with Gasteiger partial charge in [-0.1, -0.05) is 0 Å². The van der Waals surface area contributed by atoms with Gasteiger partial charge in [0.05, 0.1) is 35.7 Å². The number of hydrogen-bond acceptors (Lipinski definition) is 4. The quantitative estimate of drug-likeness (QED) is 0.721. The maximum atomic E-state index is 13.3. The molecular weight excluding hydrogens is 385 g/mol. The highest BCUT2D eigenvalue weighted by Gasteiger charge is 2.36. The molecule has 1 aliphatic rings. The summed E-state index contributed by atoms with van der Waals surface area (Å²) in [4.78, 5) is 24.0. The monoisotopic (exact) mass is 399 g/mol. The molecule has 2 amide bonds. The number of nitrogens with one attached hydrogen (secondary N) is 1. The lowest BCUT2D eigenvalue weighted by Crippen LogP contribution is -2.32. The summed E-state index contributed by atoms with van der Waals surface area (Å²) in [5.41, 5.74) is 6.58. The topological polar surface area (TPSA) is 113 Å². The molecule has 0 aliphatic carbocycles. The fourth-order valence-electron chi connectivity index (χ4n) is 2.90. The van der Waals surface area contributed by atoms with Gasteiger partial charge in [0.15, 0.2) is 0 Å². The third-order valence-electron chi connectivity index (χ3n) is 4.11. The van der Waals surface area contributed by atoms with Crippen molar-refractivity contribution in [3.05, 3.63) is 28.5 Å². The Labute approximate surface area is 144 Å². The van der Waals surface area contributed by atoms with Crippen LogP contribution < -0.4 is 11.1 Å². The molecule has 4 N–H and O–H groups in total. The number of likely N-dealkylation sites (tertiary alicyclic amines) is 1. The Bertz CT molecular complexity index is 811. The van der Waals surface area contributed by atoms with Crippen molar-refractivity contribution in [1.29, 1.82) is 0 Å². The molecule has 1 saturated heterocycles. The number of rotatable bonds is 4. The van der Waals surface area contributed by atoms with E-state index in [1.54, 1.807) is 16.8 Å². The lowest BCUT2D eigenvalue weighted by molar-refractivity contribution is 0.100. The second-order valence-electron chi connectivity index (χ2n) is 5.64. The normalized spacial score (nSPS) is 20.5. The molecule has 2 aromatic heterocycles. The number of anilines is 1. The molecule has 0 spiro atoms. The number of amides is 2. The van der Waals surface area contributed by atoms with Crippen molar-refractivity contribution in [3.63, 3.8) is 0 Å². The van der Waals surface area contributed by atoms with Gasteiger partial charge in [0.25, 0.3) is 5.91 Å². The van der Waals surface area contributed by atoms with E-state index >= 15 is 0 Å². The molecule has 0 saturated carbocycles. The minimum Gasteiger partial charge on any atom is -0.465 e. The number of carbonyl (C=O) groups is 2. The van der Waals surface area contributed by atoms with E-state index in [4.69, 9.17) is 10.8 Å². The smallest absolute Gasteiger partial charge is 0.407 e. The summed E-state index contributed by atoms with van der Waals surface area (Å²) >= 11 is 3.34. The van der Waals surface area contributed by atoms with Crippen molar-refractivity contribution in [2.24, 2.45) is 11.7 Å². The number of aromatic nitrogens is 2. The summed E-state index contributed by atoms with van der Waals surface area (Å²) in [6.45, 7) is -0.445. The molecule has 2 unspecified atom stereocenters. The van der Waals surface area contributed by atoms with Crippen molar-refractivity contribution in [3.8, 4) is 0 Å². The molecule has 128 valence electrons. The highest BCUT2D eigenvalue weighted by Crippen LogP contribution is 2.29. The average molecular weight is 400 g/mol. The first-order valence-electron chi connectivity index (χ1n) is 7.17. The molecule has 8 nitrogen and oxygen atoms in total. The van der Waals surface area contributed by atoms with Gasteiger partial charge < -0.3 is 21.1 Å². The largest absolute Gasteiger partial charge is 0.465 e. The molecule has 1 aliphatic heterocycles. The number of carbonyl (C=O) groups excluding carboxylic acids is 1. The van der Waals surface area contributed by atoms with Crippen LogP contribution in [0.3, 0.4) is 0 Å². The van der Waals surface area contributed by atoms with Gasteiger partial charge in [-0.05, 0) is 22.0 Å². The summed E-state index contributed by atoms with van der Waals surface area (Å²) < 4.78 is 15.6. The highest BCUT2D eigenvalue weighted by atomic mass is 79.9. The third kappa shape index (κ3) is 2.88. The van der Waals surface area contributed by atoms with Crippen molar-refractivity contribution in [2.75, 3.05) is 25.1 Å². The van der Waals surface area contributed by atoms with E-state index < -0.39 is 30.6 Å². The van der Waals surface area contributed by atoms with Crippen LogP contribution in [0.15, 0.2) is 22.9 Å². The standard InChI is InChI=1S/C14H15BrFN5O3/c15-8-1-11-12(9(13(17)22)3-18-21(11)5-8)19-10-6-20(14(23)24)4-7(10)2-16/h1,3,5,7,10,19H,2,4,6H2,(H2,17,22)(H,23,24). The predicted molar refractivity (Wildman–Crippen MR) is 87.9 cm³/mol. The molecule has 3 rings (SSSR count). The predicted octanol–water partition coefficient (Wildman–Crippen LogP) is 1.56. The van der Waals surface area contributed by atoms with Gasteiger partial charge in [0, 0.05) is 29.7 Å². The first-order chi connectivity index (χ1) is 11.4. The van der Waals surface area contributed by atoms with Crippen LogP contribution in [0, 0.1) is 5.92 Å². The molecule has 24 heavy (non-hydrogen) atoms. The van der Waals surface area contributed by atoms with E-state index in [0.717, 1.165) is 9.37 Å². The zero-order valence-electron chi connectivity index (χ0n) is 12.4. The lowest BCUT2D eigenvalue weighted by Gasteiger charge is -2.20. The van der Waals surface area contributed by atoms with Crippen LogP contribution in [0.4, 0.5) is 14.9 Å². The summed E-state index contributed by atoms with van der Waals surface area (Å²) in [5.74, 6) is -1.18. The summed E-state index contributed by atoms with van der Waals surface area (Å²) in [6, 6.07) is 1.28. The van der Waals surface area contributed by atoms with E-state index in [0.29, 0.717) is 11.2 Å². The van der Waals surface area contributed by atoms with Crippen LogP contribution in [0.5, 0.6) is 0 Å². The van der Waals surface area contributed by atoms with Crippen LogP contribution in [0.1, 0.15) is 10.4 Å². The Hall–Kier alpha value is -2.36. The number of hydrogen-bond donors (Lipinski definition) is 3. The van der Waals surface area contributed by atoms with Gasteiger partial charge in [0.2, 0.25) is 0 Å². The fraction of sp³-hybridized carbons (Fsp3) is 0.357. The third-order valence-corrected chi connectivity index (χ3v) is 4.54. The first-order valence-corrected chi connectivity index (χ1v) is 7.97. The molecule has 2 atom stereocenters. The number of nitrogens with two attached hydrogens (primary N) is 1. The van der Waals surface area contributed by atoms with Gasteiger partial charge in [-0.15, -0.1) is 0 Å². The number of alkyl halides is 1. The first kappa shape index (κ1) is 16.5. The molecule has 10 heteroatoms. The zero-order valence-corrected chi connectivity index (χ0v) is 14.0. The van der Waals surface area contributed by atoms with Gasteiger partial charge in [-0.25, -0.2) is 9.31 Å². The van der Waals surface area contributed by atoms with Crippen LogP contribution in [0.2, 0.25) is 0 Å². The fourth-order valence-corrected chi connectivity index (χ4v) is 3.31. The van der Waals surface area contributed by atoms with Gasteiger partial charge in [0.1, 0.15) is 0 Å². The lowest BCUT2D eigenvalue weighted by atomic mass is 10.0. The number of nitrogens with zero attached hydrogens (tertiary/aromatic N) is 3. The number of primary amides is 1. The van der Waals surface area contributed by atoms with Crippen molar-refractivity contribution < 1.29 is 19.1 Å². The van der Waals surface area contributed by atoms with Crippen LogP contribution in [0.25, 0.3) is 5.52 Å². The van der Waals surface area contributed by atoms with E-state index in [1.807, 2.05) is 0 Å². The molecular formula is C14H15BrFN5O3. The number of carboxylic acid groups (broad SMARTS) is 1. The number of fused-ring (bicyclic) bond motifs is 1. The summed E-state index contributed by atoms with van der Waals surface area (Å²) in [6.07, 6.45) is 1.94. The molecule has 0 bridgehead atoms. The second-order valence-corrected chi connectivity index (χ2v) is 6.55. The number of halogens is 2. The van der Waals surface area contributed by atoms with E-state index in [9.17, 15) is 14.0 Å². The SMILES string of the molecule is NC(=O)c1cnn2cc(Br)cc2c1NC1CN(C(=O)O)CC1CF. The zero-order chi connectivity index (χ0) is 17.4. The molecule has 0 radical (unpaired) electrons. The molecule has 1 fully saturated rings.